The number of esters is 1. The molecule has 0 atom stereocenters. The molecule has 26 heavy (non-hydrogen) atoms. The number of nitrogens with one attached hydrogen (secondary N) is 1. The normalized spacial score (nSPS) is 13.3. The number of ether oxygens (including phenoxy) is 1. The molecule has 8 nitrogen and oxygen atoms in total. The van der Waals surface area contributed by atoms with E-state index in [1.165, 1.54) is 34.9 Å². The van der Waals surface area contributed by atoms with Crippen molar-refractivity contribution in [3.63, 3.8) is 0 Å². The van der Waals surface area contributed by atoms with Crippen LogP contribution in [0.4, 0.5) is 5.00 Å². The smallest absolute Gasteiger partial charge is 0.341 e. The van der Waals surface area contributed by atoms with Gasteiger partial charge in [0.2, 0.25) is 5.91 Å². The molecule has 0 fully saturated rings. The molecule has 10 heteroatoms. The summed E-state index contributed by atoms with van der Waals surface area (Å²) in [6.07, 6.45) is 4.07. The third kappa shape index (κ3) is 3.85. The molecule has 0 unspecified atom stereocenters. The van der Waals surface area contributed by atoms with Crippen molar-refractivity contribution < 1.29 is 28.6 Å². The van der Waals surface area contributed by atoms with E-state index in [-0.39, 0.29) is 12.3 Å². The monoisotopic (exact) mass is 397 g/mol. The molecule has 0 saturated carbocycles. The van der Waals surface area contributed by atoms with Gasteiger partial charge in [-0.3, -0.25) is 4.79 Å². The summed E-state index contributed by atoms with van der Waals surface area (Å²) in [6, 6.07) is 0. The minimum absolute atomic E-state index is 0.193. The first-order valence-corrected chi connectivity index (χ1v) is 10.00. The highest BCUT2D eigenvalue weighted by atomic mass is 32.2. The summed E-state index contributed by atoms with van der Waals surface area (Å²) in [5.41, 5.74) is 1.49. The largest absolute Gasteiger partial charge is 0.538 e. The Morgan fingerprint density at radius 2 is 2.19 bits per heavy atom. The molecule has 3 rings (SSSR count). The molecule has 1 N–H and O–H groups in total. The number of thioether (sulfide) groups is 1. The van der Waals surface area contributed by atoms with E-state index in [1.54, 1.807) is 7.05 Å². The Labute approximate surface area is 158 Å². The molecule has 1 aliphatic rings. The van der Waals surface area contributed by atoms with Crippen molar-refractivity contribution in [1.82, 2.24) is 5.27 Å². The van der Waals surface area contributed by atoms with Crippen molar-refractivity contribution in [3.05, 3.63) is 16.0 Å². The van der Waals surface area contributed by atoms with Crippen LogP contribution in [-0.4, -0.2) is 30.0 Å². The number of aromatic nitrogens is 2. The number of hydrogen-bond acceptors (Lipinski definition) is 8. The van der Waals surface area contributed by atoms with E-state index in [1.807, 2.05) is 0 Å². The maximum atomic E-state index is 12.3. The summed E-state index contributed by atoms with van der Waals surface area (Å²) >= 11 is 2.66. The first-order valence-electron chi connectivity index (χ1n) is 8.19. The molecule has 1 amide bonds. The van der Waals surface area contributed by atoms with E-state index >= 15 is 0 Å². The fraction of sp³-hybridized carbons (Fsp3) is 0.500. The van der Waals surface area contributed by atoms with Crippen LogP contribution >= 0.6 is 23.1 Å². The van der Waals surface area contributed by atoms with Crippen LogP contribution in [-0.2, 0) is 29.4 Å². The van der Waals surface area contributed by atoms with Gasteiger partial charge in [0, 0.05) is 17.1 Å². The fourth-order valence-corrected chi connectivity index (χ4v) is 5.01. The van der Waals surface area contributed by atoms with Crippen LogP contribution in [0.2, 0.25) is 0 Å². The molecule has 0 saturated heterocycles. The molecular formula is C16H19N3O5S2. The summed E-state index contributed by atoms with van der Waals surface area (Å²) in [4.78, 5) is 25.6. The lowest BCUT2D eigenvalue weighted by Gasteiger charge is -2.11. The van der Waals surface area contributed by atoms with Crippen LogP contribution < -0.4 is 15.1 Å². The van der Waals surface area contributed by atoms with Gasteiger partial charge >= 0.3 is 5.97 Å². The molecular weight excluding hydrogens is 378 g/mol. The minimum atomic E-state index is -0.517. The van der Waals surface area contributed by atoms with Crippen LogP contribution in [0.25, 0.3) is 0 Å². The highest BCUT2D eigenvalue weighted by Crippen LogP contribution is 2.38. The fourth-order valence-electron chi connectivity index (χ4n) is 2.86. The van der Waals surface area contributed by atoms with E-state index < -0.39 is 11.9 Å². The number of carbonyl (C=O) groups is 2. The maximum Gasteiger partial charge on any atom is 0.341 e. The molecule has 140 valence electrons. The second-order valence-electron chi connectivity index (χ2n) is 5.84. The predicted octanol–water partition coefficient (Wildman–Crippen LogP) is 1.42. The standard InChI is InChI=1S/C16H19N3O5S2/c1-19-14(16(22)24-18-19)25-8-7-11(20)17-13-12(15(21)23-2)9-5-3-4-6-10(9)26-13/h3-8H2,1-2H3,(H-,17,18,20,21,22). The lowest BCUT2D eigenvalue weighted by molar-refractivity contribution is -0.772. The number of rotatable bonds is 6. The number of carbonyl (C=O) groups excluding carboxylic acids is 2. The first-order chi connectivity index (χ1) is 12.5. The zero-order valence-electron chi connectivity index (χ0n) is 14.5. The van der Waals surface area contributed by atoms with Crippen molar-refractivity contribution in [2.45, 2.75) is 37.1 Å². The lowest BCUT2D eigenvalue weighted by Crippen LogP contribution is -2.32. The Kier molecular flexibility index (Phi) is 5.82. The molecule has 2 aromatic rings. The Balaban J connectivity index is 1.65. The molecule has 2 aromatic heterocycles. The first kappa shape index (κ1) is 18.7. The SMILES string of the molecule is COC(=O)c1c(NC(=O)CCSc2c([O-])on[n+]2C)sc2c1CCCC2. The van der Waals surface area contributed by atoms with E-state index in [2.05, 4.69) is 15.1 Å². The number of amides is 1. The summed E-state index contributed by atoms with van der Waals surface area (Å²) in [6.45, 7) is 0. The summed E-state index contributed by atoms with van der Waals surface area (Å²) < 4.78 is 10.8. The van der Waals surface area contributed by atoms with Crippen molar-refractivity contribution >= 4 is 40.0 Å². The topological polar surface area (TPSA) is 108 Å². The number of aryl methyl sites for hydroxylation is 2. The summed E-state index contributed by atoms with van der Waals surface area (Å²) in [7, 11) is 2.95. The molecule has 0 radical (unpaired) electrons. The third-order valence-electron chi connectivity index (χ3n) is 4.10. The molecule has 0 aliphatic heterocycles. The third-order valence-corrected chi connectivity index (χ3v) is 6.42. The molecule has 0 spiro atoms. The van der Waals surface area contributed by atoms with Crippen molar-refractivity contribution in [1.29, 1.82) is 0 Å². The van der Waals surface area contributed by atoms with Crippen LogP contribution in [0, 0.1) is 0 Å². The van der Waals surface area contributed by atoms with Crippen LogP contribution in [0.15, 0.2) is 9.55 Å². The maximum absolute atomic E-state index is 12.3. The number of anilines is 1. The van der Waals surface area contributed by atoms with Gasteiger partial charge in [-0.05, 0) is 31.2 Å². The molecule has 0 aromatic carbocycles. The predicted molar refractivity (Wildman–Crippen MR) is 93.4 cm³/mol. The minimum Gasteiger partial charge on any atom is -0.538 e. The van der Waals surface area contributed by atoms with Crippen molar-refractivity contribution in [3.8, 4) is 5.95 Å². The highest BCUT2D eigenvalue weighted by molar-refractivity contribution is 7.99. The van der Waals surface area contributed by atoms with Gasteiger partial charge in [0.25, 0.3) is 5.03 Å². The lowest BCUT2D eigenvalue weighted by atomic mass is 9.95. The van der Waals surface area contributed by atoms with Gasteiger partial charge in [-0.2, -0.15) is 0 Å². The van der Waals surface area contributed by atoms with Gasteiger partial charge in [-0.25, -0.2) is 4.79 Å². The second kappa shape index (κ2) is 8.09. The number of methoxy groups -OCH3 is 1. The van der Waals surface area contributed by atoms with Gasteiger partial charge in [-0.1, -0.05) is 16.4 Å². The van der Waals surface area contributed by atoms with Crippen molar-refractivity contribution in [2.75, 3.05) is 18.2 Å². The van der Waals surface area contributed by atoms with Gasteiger partial charge in [-0.15, -0.1) is 11.3 Å². The van der Waals surface area contributed by atoms with Gasteiger partial charge in [0.05, 0.1) is 17.9 Å². The highest BCUT2D eigenvalue weighted by Gasteiger charge is 2.27. The molecule has 2 heterocycles. The van der Waals surface area contributed by atoms with Gasteiger partial charge in [0.1, 0.15) is 5.00 Å². The van der Waals surface area contributed by atoms with E-state index in [4.69, 9.17) is 4.74 Å². The van der Waals surface area contributed by atoms with Gasteiger partial charge < -0.3 is 19.7 Å². The number of nitrogens with zero attached hydrogens (tertiary/aromatic N) is 2. The van der Waals surface area contributed by atoms with Crippen LogP contribution in [0.3, 0.4) is 0 Å². The van der Waals surface area contributed by atoms with E-state index in [9.17, 15) is 14.7 Å². The zero-order valence-corrected chi connectivity index (χ0v) is 16.1. The average molecular weight is 397 g/mol. The number of thiophene rings is 1. The van der Waals surface area contributed by atoms with E-state index in [0.717, 1.165) is 36.1 Å². The summed E-state index contributed by atoms with van der Waals surface area (Å²) in [5.74, 6) is -0.749. The molecule has 1 aliphatic carbocycles. The van der Waals surface area contributed by atoms with Crippen LogP contribution in [0.1, 0.15) is 40.1 Å². The second-order valence-corrected chi connectivity index (χ2v) is 8.03. The van der Waals surface area contributed by atoms with E-state index in [0.29, 0.717) is 21.3 Å². The average Bonchev–Trinajstić information content (AvgIpc) is 3.15. The molecule has 0 bridgehead atoms. The quantitative estimate of drug-likeness (QED) is 0.446. The Morgan fingerprint density at radius 3 is 2.88 bits per heavy atom. The number of fused-ring (bicyclic) bond motifs is 1. The van der Waals surface area contributed by atoms with Gasteiger partial charge in [0.15, 0.2) is 13.0 Å². The number of hydrogen-bond donors (Lipinski definition) is 1. The Bertz CT molecular complexity index is 811. The Hall–Kier alpha value is -2.07. The Morgan fingerprint density at radius 1 is 1.42 bits per heavy atom. The van der Waals surface area contributed by atoms with Crippen LogP contribution in [0.5, 0.6) is 5.95 Å². The summed E-state index contributed by atoms with van der Waals surface area (Å²) in [5, 5.41) is 18.7. The van der Waals surface area contributed by atoms with Crippen molar-refractivity contribution in [2.24, 2.45) is 7.05 Å². The zero-order chi connectivity index (χ0) is 18.7.